The fourth-order valence-electron chi connectivity index (χ4n) is 1.27. The zero-order valence-corrected chi connectivity index (χ0v) is 10.2. The summed E-state index contributed by atoms with van der Waals surface area (Å²) < 4.78 is 16.2. The highest BCUT2D eigenvalue weighted by atomic mass is 79.9. The predicted octanol–water partition coefficient (Wildman–Crippen LogP) is 0.0945. The van der Waals surface area contributed by atoms with Crippen molar-refractivity contribution in [3.8, 4) is 0 Å². The number of halogens is 1. The maximum absolute atomic E-state index is 11.2. The Morgan fingerprint density at radius 1 is 1.25 bits per heavy atom. The van der Waals surface area contributed by atoms with Crippen LogP contribution in [0.5, 0.6) is 0 Å². The molecular weight excluding hydrogens is 299 g/mol. The normalized spacial score (nSPS) is 11.9. The van der Waals surface area contributed by atoms with E-state index in [2.05, 4.69) is 15.9 Å². The van der Waals surface area contributed by atoms with Crippen molar-refractivity contribution >= 4 is 39.8 Å². The van der Waals surface area contributed by atoms with Gasteiger partial charge in [0.2, 0.25) is 0 Å². The average Bonchev–Trinajstić information content (AvgIpc) is 2.16. The molecule has 84 valence electrons. The second-order valence-electron chi connectivity index (χ2n) is 3.10. The molecule has 1 aromatic heterocycles. The van der Waals surface area contributed by atoms with Gasteiger partial charge in [0.1, 0.15) is 5.58 Å². The van der Waals surface area contributed by atoms with E-state index in [9.17, 15) is 19.1 Å². The van der Waals surface area contributed by atoms with Gasteiger partial charge in [-0.2, -0.15) is 0 Å². The van der Waals surface area contributed by atoms with E-state index in [0.29, 0.717) is 9.86 Å². The van der Waals surface area contributed by atoms with Gasteiger partial charge in [0.05, 0.1) is 5.30 Å². The SMILES string of the molecule is O=c1oc2ccc(Br)cc2cc1P(=O)([O-])[O-]. The summed E-state index contributed by atoms with van der Waals surface area (Å²) in [6, 6.07) is 5.72. The van der Waals surface area contributed by atoms with Crippen molar-refractivity contribution in [3.63, 3.8) is 0 Å². The van der Waals surface area contributed by atoms with Crippen LogP contribution in [0, 0.1) is 0 Å². The molecule has 0 amide bonds. The molecule has 0 aliphatic heterocycles. The number of fused-ring (bicyclic) bond motifs is 1. The minimum atomic E-state index is -5.10. The molecule has 1 aromatic carbocycles. The van der Waals surface area contributed by atoms with Crippen molar-refractivity contribution < 1.29 is 18.8 Å². The maximum atomic E-state index is 11.2. The number of hydrogen-bond donors (Lipinski definition) is 0. The Balaban J connectivity index is 2.85. The third kappa shape index (κ3) is 2.10. The molecule has 0 saturated heterocycles. The van der Waals surface area contributed by atoms with E-state index in [4.69, 9.17) is 4.42 Å². The second kappa shape index (κ2) is 3.82. The van der Waals surface area contributed by atoms with Gasteiger partial charge in [-0.25, -0.2) is 4.79 Å². The standard InChI is InChI=1S/C9H6BrO5P/c10-6-1-2-7-5(3-6)4-8(9(11)15-7)16(12,13)14/h1-4H,(H2,12,13,14)/p-2. The van der Waals surface area contributed by atoms with Crippen LogP contribution in [-0.2, 0) is 4.57 Å². The zero-order valence-electron chi connectivity index (χ0n) is 7.68. The van der Waals surface area contributed by atoms with Gasteiger partial charge in [0.25, 0.3) is 0 Å². The Hall–Kier alpha value is -0.940. The van der Waals surface area contributed by atoms with Crippen molar-refractivity contribution in [3.05, 3.63) is 39.2 Å². The highest BCUT2D eigenvalue weighted by molar-refractivity contribution is 9.10. The van der Waals surface area contributed by atoms with Crippen LogP contribution in [-0.4, -0.2) is 0 Å². The molecule has 0 fully saturated rings. The van der Waals surface area contributed by atoms with Crippen LogP contribution in [0.3, 0.4) is 0 Å². The van der Waals surface area contributed by atoms with Crippen LogP contribution in [0.25, 0.3) is 11.0 Å². The molecular formula is C9H4BrO5P-2. The molecule has 0 spiro atoms. The summed E-state index contributed by atoms with van der Waals surface area (Å²) in [5, 5.41) is -0.478. The smallest absolute Gasteiger partial charge is 0.344 e. The van der Waals surface area contributed by atoms with E-state index in [1.807, 2.05) is 0 Å². The highest BCUT2D eigenvalue weighted by Gasteiger charge is 2.08. The number of benzene rings is 1. The second-order valence-corrected chi connectivity index (χ2v) is 5.49. The monoisotopic (exact) mass is 302 g/mol. The van der Waals surface area contributed by atoms with Crippen LogP contribution < -0.4 is 20.7 Å². The summed E-state index contributed by atoms with van der Waals surface area (Å²) in [7, 11) is -5.10. The van der Waals surface area contributed by atoms with Crippen molar-refractivity contribution in [2.45, 2.75) is 0 Å². The predicted molar refractivity (Wildman–Crippen MR) is 57.4 cm³/mol. The number of hydrogen-bond acceptors (Lipinski definition) is 5. The molecule has 2 rings (SSSR count). The molecule has 7 heteroatoms. The van der Waals surface area contributed by atoms with E-state index in [1.54, 1.807) is 12.1 Å². The van der Waals surface area contributed by atoms with Gasteiger partial charge in [-0.15, -0.1) is 0 Å². The van der Waals surface area contributed by atoms with E-state index in [-0.39, 0.29) is 5.58 Å². The molecule has 2 aromatic rings. The molecule has 0 unspecified atom stereocenters. The third-order valence-corrected chi connectivity index (χ3v) is 3.37. The lowest BCUT2D eigenvalue weighted by atomic mass is 10.2. The Morgan fingerprint density at radius 3 is 2.56 bits per heavy atom. The molecule has 16 heavy (non-hydrogen) atoms. The summed E-state index contributed by atoms with van der Waals surface area (Å²) >= 11 is 3.18. The summed E-state index contributed by atoms with van der Waals surface area (Å²) in [5.74, 6) is 0. The molecule has 0 atom stereocenters. The van der Waals surface area contributed by atoms with E-state index >= 15 is 0 Å². The third-order valence-electron chi connectivity index (χ3n) is 1.97. The van der Waals surface area contributed by atoms with Crippen LogP contribution in [0.15, 0.2) is 37.9 Å². The largest absolute Gasteiger partial charge is 0.807 e. The lowest BCUT2D eigenvalue weighted by molar-refractivity contribution is -0.308. The average molecular weight is 303 g/mol. The van der Waals surface area contributed by atoms with Gasteiger partial charge in [-0.05, 0) is 31.9 Å². The summed E-state index contributed by atoms with van der Waals surface area (Å²) in [6.45, 7) is 0. The molecule has 5 nitrogen and oxygen atoms in total. The lowest BCUT2D eigenvalue weighted by Gasteiger charge is -2.28. The fourth-order valence-corrected chi connectivity index (χ4v) is 2.22. The Kier molecular flexibility index (Phi) is 2.75. The highest BCUT2D eigenvalue weighted by Crippen LogP contribution is 2.24. The van der Waals surface area contributed by atoms with Crippen molar-refractivity contribution in [1.82, 2.24) is 0 Å². The van der Waals surface area contributed by atoms with Gasteiger partial charge >= 0.3 is 5.63 Å². The van der Waals surface area contributed by atoms with E-state index in [1.165, 1.54) is 6.07 Å². The van der Waals surface area contributed by atoms with Gasteiger partial charge in [-0.1, -0.05) is 15.9 Å². The van der Waals surface area contributed by atoms with Crippen molar-refractivity contribution in [2.75, 3.05) is 0 Å². The molecule has 0 saturated carbocycles. The molecule has 0 radical (unpaired) electrons. The zero-order chi connectivity index (χ0) is 11.9. The van der Waals surface area contributed by atoms with Gasteiger partial charge < -0.3 is 18.8 Å². The summed E-state index contributed by atoms with van der Waals surface area (Å²) in [6.07, 6.45) is 0. The van der Waals surface area contributed by atoms with Crippen molar-refractivity contribution in [1.29, 1.82) is 0 Å². The first-order valence-electron chi connectivity index (χ1n) is 4.14. The first kappa shape index (κ1) is 11.5. The van der Waals surface area contributed by atoms with E-state index in [0.717, 1.165) is 6.07 Å². The Morgan fingerprint density at radius 2 is 1.94 bits per heavy atom. The molecule has 1 heterocycles. The lowest BCUT2D eigenvalue weighted by Crippen LogP contribution is -2.34. The van der Waals surface area contributed by atoms with Crippen LogP contribution in [0.2, 0.25) is 0 Å². The first-order valence-corrected chi connectivity index (χ1v) is 6.47. The minimum absolute atomic E-state index is 0.227. The van der Waals surface area contributed by atoms with Gasteiger partial charge in [0.15, 0.2) is 0 Å². The quantitative estimate of drug-likeness (QED) is 0.550. The Bertz CT molecular complexity index is 656. The fraction of sp³-hybridized carbons (Fsp3) is 0. The van der Waals surface area contributed by atoms with Crippen LogP contribution in [0.4, 0.5) is 0 Å². The van der Waals surface area contributed by atoms with Crippen molar-refractivity contribution in [2.24, 2.45) is 0 Å². The Labute approximate surface area is 98.0 Å². The van der Waals surface area contributed by atoms with Gasteiger partial charge in [0, 0.05) is 9.86 Å². The minimum Gasteiger partial charge on any atom is -0.807 e. The maximum Gasteiger partial charge on any atom is 0.344 e. The van der Waals surface area contributed by atoms with Crippen LogP contribution >= 0.6 is 23.5 Å². The summed E-state index contributed by atoms with van der Waals surface area (Å²) in [5.41, 5.74) is -0.909. The number of rotatable bonds is 1. The van der Waals surface area contributed by atoms with E-state index < -0.39 is 18.5 Å². The molecule has 0 bridgehead atoms. The van der Waals surface area contributed by atoms with Gasteiger partial charge in [-0.3, -0.25) is 0 Å². The first-order chi connectivity index (χ1) is 7.38. The topological polar surface area (TPSA) is 93.4 Å². The molecule has 0 aliphatic rings. The molecule has 0 aliphatic carbocycles. The van der Waals surface area contributed by atoms with Crippen LogP contribution in [0.1, 0.15) is 0 Å². The molecule has 0 N–H and O–H groups in total. The summed E-state index contributed by atoms with van der Waals surface area (Å²) in [4.78, 5) is 32.8.